The van der Waals surface area contributed by atoms with Crippen molar-refractivity contribution < 1.29 is 19.0 Å². The lowest BCUT2D eigenvalue weighted by atomic mass is 10.2. The van der Waals surface area contributed by atoms with Crippen LogP contribution in [-0.2, 0) is 0 Å². The third-order valence-corrected chi connectivity index (χ3v) is 3.88. The largest absolute Gasteiger partial charge is 0.497 e. The number of anilines is 1. The van der Waals surface area contributed by atoms with Gasteiger partial charge in [-0.2, -0.15) is 0 Å². The second-order valence-electron chi connectivity index (χ2n) is 5.79. The summed E-state index contributed by atoms with van der Waals surface area (Å²) in [5, 5.41) is 2.84. The zero-order valence-corrected chi connectivity index (χ0v) is 15.4. The van der Waals surface area contributed by atoms with E-state index in [9.17, 15) is 4.79 Å². The van der Waals surface area contributed by atoms with Crippen LogP contribution in [0.15, 0.2) is 60.8 Å². The average molecular weight is 364 g/mol. The molecule has 6 heteroatoms. The molecule has 2 aromatic carbocycles. The maximum Gasteiger partial charge on any atom is 0.257 e. The lowest BCUT2D eigenvalue weighted by Crippen LogP contribution is -2.12. The molecule has 1 N–H and O–H groups in total. The Labute approximate surface area is 157 Å². The lowest BCUT2D eigenvalue weighted by molar-refractivity contribution is 0.102. The second-order valence-corrected chi connectivity index (χ2v) is 5.79. The van der Waals surface area contributed by atoms with Gasteiger partial charge in [0, 0.05) is 23.6 Å². The summed E-state index contributed by atoms with van der Waals surface area (Å²) >= 11 is 0. The Bertz CT molecular complexity index is 922. The predicted molar refractivity (Wildman–Crippen MR) is 103 cm³/mol. The van der Waals surface area contributed by atoms with Crippen LogP contribution in [0.3, 0.4) is 0 Å². The molecule has 0 aliphatic rings. The topological polar surface area (TPSA) is 69.7 Å². The predicted octanol–water partition coefficient (Wildman–Crippen LogP) is 4.45. The Morgan fingerprint density at radius 3 is 2.26 bits per heavy atom. The van der Waals surface area contributed by atoms with Crippen molar-refractivity contribution in [1.82, 2.24) is 4.98 Å². The first-order chi connectivity index (χ1) is 13.1. The highest BCUT2D eigenvalue weighted by molar-refractivity contribution is 6.04. The number of rotatable bonds is 6. The maximum atomic E-state index is 12.4. The van der Waals surface area contributed by atoms with Gasteiger partial charge in [-0.05, 0) is 55.5 Å². The van der Waals surface area contributed by atoms with E-state index in [2.05, 4.69) is 10.3 Å². The van der Waals surface area contributed by atoms with E-state index in [1.807, 2.05) is 6.92 Å². The summed E-state index contributed by atoms with van der Waals surface area (Å²) in [5.74, 6) is 2.16. The minimum atomic E-state index is -0.247. The van der Waals surface area contributed by atoms with E-state index < -0.39 is 0 Å². The highest BCUT2D eigenvalue weighted by atomic mass is 16.5. The zero-order valence-electron chi connectivity index (χ0n) is 15.4. The molecule has 6 nitrogen and oxygen atoms in total. The molecule has 0 aliphatic heterocycles. The van der Waals surface area contributed by atoms with E-state index >= 15 is 0 Å². The molecule has 1 heterocycles. The molecule has 138 valence electrons. The Morgan fingerprint density at radius 1 is 0.889 bits per heavy atom. The van der Waals surface area contributed by atoms with E-state index in [0.717, 1.165) is 11.4 Å². The smallest absolute Gasteiger partial charge is 0.257 e. The van der Waals surface area contributed by atoms with Crippen molar-refractivity contribution in [1.29, 1.82) is 0 Å². The van der Waals surface area contributed by atoms with Crippen molar-refractivity contribution in [2.75, 3.05) is 19.5 Å². The number of nitrogens with one attached hydrogen (secondary N) is 1. The Balaban J connectivity index is 1.79. The monoisotopic (exact) mass is 364 g/mol. The molecule has 0 spiro atoms. The first kappa shape index (κ1) is 18.3. The molecule has 3 aromatic rings. The van der Waals surface area contributed by atoms with Gasteiger partial charge < -0.3 is 19.5 Å². The van der Waals surface area contributed by atoms with Gasteiger partial charge in [-0.15, -0.1) is 0 Å². The van der Waals surface area contributed by atoms with Crippen LogP contribution in [0, 0.1) is 6.92 Å². The number of aryl methyl sites for hydroxylation is 1. The van der Waals surface area contributed by atoms with Gasteiger partial charge in [-0.1, -0.05) is 0 Å². The summed E-state index contributed by atoms with van der Waals surface area (Å²) in [5.41, 5.74) is 1.92. The first-order valence-corrected chi connectivity index (χ1v) is 8.33. The van der Waals surface area contributed by atoms with Crippen LogP contribution in [0.4, 0.5) is 5.69 Å². The van der Waals surface area contributed by atoms with E-state index in [1.165, 1.54) is 0 Å². The molecule has 0 fully saturated rings. The molecular formula is C21H20N2O4. The van der Waals surface area contributed by atoms with E-state index in [0.29, 0.717) is 28.5 Å². The van der Waals surface area contributed by atoms with Crippen LogP contribution < -0.4 is 19.5 Å². The number of amides is 1. The van der Waals surface area contributed by atoms with Gasteiger partial charge in [0.2, 0.25) is 0 Å². The van der Waals surface area contributed by atoms with Crippen LogP contribution in [0.1, 0.15) is 16.1 Å². The minimum Gasteiger partial charge on any atom is -0.497 e. The molecule has 0 atom stereocenters. The highest BCUT2D eigenvalue weighted by Gasteiger charge is 2.11. The van der Waals surface area contributed by atoms with Crippen LogP contribution in [0.5, 0.6) is 23.0 Å². The number of hydrogen-bond donors (Lipinski definition) is 1. The van der Waals surface area contributed by atoms with Crippen LogP contribution in [0.25, 0.3) is 0 Å². The minimum absolute atomic E-state index is 0.247. The fourth-order valence-corrected chi connectivity index (χ4v) is 2.41. The van der Waals surface area contributed by atoms with Gasteiger partial charge in [-0.25, -0.2) is 0 Å². The van der Waals surface area contributed by atoms with Crippen molar-refractivity contribution in [3.05, 3.63) is 72.1 Å². The van der Waals surface area contributed by atoms with Crippen molar-refractivity contribution in [3.63, 3.8) is 0 Å². The molecule has 0 aliphatic carbocycles. The van der Waals surface area contributed by atoms with Crippen LogP contribution >= 0.6 is 0 Å². The molecule has 0 saturated heterocycles. The fourth-order valence-electron chi connectivity index (χ4n) is 2.41. The summed E-state index contributed by atoms with van der Waals surface area (Å²) in [6, 6.07) is 15.9. The van der Waals surface area contributed by atoms with Gasteiger partial charge >= 0.3 is 0 Å². The average Bonchev–Trinajstić information content (AvgIpc) is 2.69. The van der Waals surface area contributed by atoms with E-state index in [4.69, 9.17) is 14.2 Å². The standard InChI is InChI=1S/C21H20N2O4/c1-14-4-5-15(13-22-14)21(24)23-16-6-11-19(26-3)20(12-16)27-18-9-7-17(25-2)8-10-18/h4-13H,1-3H3,(H,23,24). The molecule has 27 heavy (non-hydrogen) atoms. The van der Waals surface area contributed by atoms with E-state index in [-0.39, 0.29) is 5.91 Å². The first-order valence-electron chi connectivity index (χ1n) is 8.33. The third kappa shape index (κ3) is 4.55. The molecule has 3 rings (SSSR count). The summed E-state index contributed by atoms with van der Waals surface area (Å²) in [7, 11) is 3.17. The number of methoxy groups -OCH3 is 2. The van der Waals surface area contributed by atoms with Crippen molar-refractivity contribution in [2.24, 2.45) is 0 Å². The van der Waals surface area contributed by atoms with Gasteiger partial charge in [0.05, 0.1) is 19.8 Å². The van der Waals surface area contributed by atoms with Crippen molar-refractivity contribution in [2.45, 2.75) is 6.92 Å². The number of aromatic nitrogens is 1. The van der Waals surface area contributed by atoms with Crippen molar-refractivity contribution in [3.8, 4) is 23.0 Å². The fraction of sp³-hybridized carbons (Fsp3) is 0.143. The quantitative estimate of drug-likeness (QED) is 0.700. The number of pyridine rings is 1. The normalized spacial score (nSPS) is 10.2. The molecule has 0 saturated carbocycles. The third-order valence-electron chi connectivity index (χ3n) is 3.88. The second kappa shape index (κ2) is 8.23. The lowest BCUT2D eigenvalue weighted by Gasteiger charge is -2.13. The van der Waals surface area contributed by atoms with E-state index in [1.54, 1.807) is 75.0 Å². The summed E-state index contributed by atoms with van der Waals surface area (Å²) < 4.78 is 16.4. The Kier molecular flexibility index (Phi) is 5.56. The van der Waals surface area contributed by atoms with Gasteiger partial charge in [0.1, 0.15) is 11.5 Å². The number of benzene rings is 2. The maximum absolute atomic E-state index is 12.4. The van der Waals surface area contributed by atoms with Gasteiger partial charge in [0.15, 0.2) is 11.5 Å². The molecule has 1 amide bonds. The molecule has 1 aromatic heterocycles. The molecular weight excluding hydrogens is 344 g/mol. The number of nitrogens with zero attached hydrogens (tertiary/aromatic N) is 1. The number of carbonyl (C=O) groups is 1. The Morgan fingerprint density at radius 2 is 1.63 bits per heavy atom. The molecule has 0 radical (unpaired) electrons. The van der Waals surface area contributed by atoms with Gasteiger partial charge in [-0.3, -0.25) is 9.78 Å². The summed E-state index contributed by atoms with van der Waals surface area (Å²) in [6.07, 6.45) is 1.54. The van der Waals surface area contributed by atoms with Gasteiger partial charge in [0.25, 0.3) is 5.91 Å². The summed E-state index contributed by atoms with van der Waals surface area (Å²) in [6.45, 7) is 1.87. The zero-order chi connectivity index (χ0) is 19.2. The molecule has 0 unspecified atom stereocenters. The SMILES string of the molecule is COc1ccc(Oc2cc(NC(=O)c3ccc(C)nc3)ccc2OC)cc1. The number of ether oxygens (including phenoxy) is 3. The van der Waals surface area contributed by atoms with Crippen LogP contribution in [-0.4, -0.2) is 25.1 Å². The number of hydrogen-bond acceptors (Lipinski definition) is 5. The highest BCUT2D eigenvalue weighted by Crippen LogP contribution is 2.34. The molecule has 0 bridgehead atoms. The van der Waals surface area contributed by atoms with Crippen LogP contribution in [0.2, 0.25) is 0 Å². The Hall–Kier alpha value is -3.54. The summed E-state index contributed by atoms with van der Waals surface area (Å²) in [4.78, 5) is 16.5. The number of carbonyl (C=O) groups excluding carboxylic acids is 1. The van der Waals surface area contributed by atoms with Crippen molar-refractivity contribution >= 4 is 11.6 Å².